The van der Waals surface area contributed by atoms with Crippen molar-refractivity contribution in [1.29, 1.82) is 5.26 Å². The van der Waals surface area contributed by atoms with Gasteiger partial charge in [-0.05, 0) is 65.8 Å². The number of aliphatic hydroxyl groups is 1. The number of anilines is 1. The molecule has 2 amide bonds. The summed E-state index contributed by atoms with van der Waals surface area (Å²) in [6.45, 7) is 10.0. The van der Waals surface area contributed by atoms with Crippen LogP contribution in [0.15, 0.2) is 48.8 Å². The Kier molecular flexibility index (Phi) is 8.31. The molecule has 0 fully saturated rings. The zero-order valence-electron chi connectivity index (χ0n) is 23.3. The van der Waals surface area contributed by atoms with E-state index in [1.807, 2.05) is 0 Å². The third kappa shape index (κ3) is 6.97. The Bertz CT molecular complexity index is 1640. The van der Waals surface area contributed by atoms with Crippen LogP contribution in [-0.4, -0.2) is 43.4 Å². The van der Waals surface area contributed by atoms with E-state index in [-0.39, 0.29) is 16.7 Å². The number of pyridine rings is 1. The van der Waals surface area contributed by atoms with Crippen LogP contribution in [-0.2, 0) is 9.47 Å². The Balaban J connectivity index is 1.98. The summed E-state index contributed by atoms with van der Waals surface area (Å²) in [5, 5.41) is 21.2. The number of thiophene rings is 1. The highest BCUT2D eigenvalue weighted by Gasteiger charge is 2.36. The highest BCUT2D eigenvalue weighted by atomic mass is 35.5. The van der Waals surface area contributed by atoms with Crippen molar-refractivity contribution >= 4 is 51.2 Å². The zero-order chi connectivity index (χ0) is 30.1. The lowest BCUT2D eigenvalue weighted by molar-refractivity contribution is 0.0429. The number of benzene rings is 1. The van der Waals surface area contributed by atoms with Gasteiger partial charge in [0.1, 0.15) is 22.1 Å². The van der Waals surface area contributed by atoms with Crippen molar-refractivity contribution in [3.63, 3.8) is 0 Å². The van der Waals surface area contributed by atoms with Crippen LogP contribution in [0.25, 0.3) is 21.6 Å². The molecule has 3 aromatic heterocycles. The number of ether oxygens (including phenoxy) is 2. The first kappa shape index (κ1) is 29.9. The van der Waals surface area contributed by atoms with Crippen molar-refractivity contribution < 1.29 is 24.2 Å². The predicted molar refractivity (Wildman–Crippen MR) is 156 cm³/mol. The lowest BCUT2D eigenvalue weighted by Crippen LogP contribution is -2.44. The van der Waals surface area contributed by atoms with Crippen LogP contribution in [0.2, 0.25) is 5.02 Å². The van der Waals surface area contributed by atoms with E-state index in [1.54, 1.807) is 77.9 Å². The van der Waals surface area contributed by atoms with Crippen LogP contribution in [0.1, 0.15) is 63.7 Å². The van der Waals surface area contributed by atoms with Crippen LogP contribution in [0.4, 0.5) is 15.4 Å². The molecule has 212 valence electrons. The van der Waals surface area contributed by atoms with Crippen LogP contribution in [0.3, 0.4) is 0 Å². The molecular formula is C29H28ClN5O5S. The lowest BCUT2D eigenvalue weighted by Gasteiger charge is -2.28. The van der Waals surface area contributed by atoms with Gasteiger partial charge in [-0.15, -0.1) is 11.3 Å². The highest BCUT2D eigenvalue weighted by Crippen LogP contribution is 2.39. The van der Waals surface area contributed by atoms with E-state index in [1.165, 1.54) is 12.4 Å². The van der Waals surface area contributed by atoms with Crippen LogP contribution < -0.4 is 4.90 Å². The Morgan fingerprint density at radius 2 is 1.71 bits per heavy atom. The monoisotopic (exact) mass is 593 g/mol. The number of fused-ring (bicyclic) bond motifs is 1. The van der Waals surface area contributed by atoms with E-state index in [9.17, 15) is 20.0 Å². The molecule has 1 N–H and O–H groups in total. The standard InChI is InChI=1S/C29H28ClN5O5S/c1-28(2,3)39-26(37)35(27(38)40-29(4,5)6)24-19-13-21(22(36)18-10-11-32-15-20(18)30)41-25(19)34-23(33-24)17-9-7-8-16(12-17)14-31/h7-13,15,22,36H,1-6H3. The second-order valence-corrected chi connectivity index (χ2v) is 12.5. The number of nitriles is 1. The predicted octanol–water partition coefficient (Wildman–Crippen LogP) is 7.04. The lowest BCUT2D eigenvalue weighted by atomic mass is 10.1. The molecule has 3 heterocycles. The molecule has 1 unspecified atom stereocenters. The Morgan fingerprint density at radius 1 is 1.05 bits per heavy atom. The van der Waals surface area contributed by atoms with E-state index in [4.69, 9.17) is 21.1 Å². The van der Waals surface area contributed by atoms with Gasteiger partial charge >= 0.3 is 12.2 Å². The summed E-state index contributed by atoms with van der Waals surface area (Å²) in [7, 11) is 0. The minimum absolute atomic E-state index is 0.105. The van der Waals surface area contributed by atoms with E-state index >= 15 is 0 Å². The number of halogens is 1. The molecule has 0 radical (unpaired) electrons. The van der Waals surface area contributed by atoms with Gasteiger partial charge in [0.05, 0.1) is 22.0 Å². The van der Waals surface area contributed by atoms with Crippen molar-refractivity contribution in [2.24, 2.45) is 0 Å². The number of hydrogen-bond acceptors (Lipinski definition) is 10. The SMILES string of the molecule is CC(C)(C)OC(=O)N(C(=O)OC(C)(C)C)c1nc(-c2cccc(C#N)c2)nc2sc(C(O)c3ccncc3Cl)cc12. The number of hydrogen-bond donors (Lipinski definition) is 1. The maximum absolute atomic E-state index is 13.5. The average molecular weight is 594 g/mol. The van der Waals surface area contributed by atoms with Crippen LogP contribution >= 0.6 is 22.9 Å². The van der Waals surface area contributed by atoms with E-state index in [0.29, 0.717) is 31.8 Å². The molecule has 0 aliphatic rings. The minimum atomic E-state index is -1.15. The summed E-state index contributed by atoms with van der Waals surface area (Å²) in [5.41, 5.74) is -0.615. The molecule has 0 aliphatic heterocycles. The number of aromatic nitrogens is 3. The van der Waals surface area contributed by atoms with E-state index in [2.05, 4.69) is 21.0 Å². The zero-order valence-corrected chi connectivity index (χ0v) is 24.9. The largest absolute Gasteiger partial charge is 0.443 e. The Hall–Kier alpha value is -4.11. The first-order chi connectivity index (χ1) is 19.2. The van der Waals surface area contributed by atoms with Gasteiger partial charge in [0.2, 0.25) is 0 Å². The highest BCUT2D eigenvalue weighted by molar-refractivity contribution is 7.18. The third-order valence-electron chi connectivity index (χ3n) is 5.37. The molecule has 0 saturated carbocycles. The van der Waals surface area contributed by atoms with Gasteiger partial charge in [-0.25, -0.2) is 19.6 Å². The molecule has 41 heavy (non-hydrogen) atoms. The molecule has 0 bridgehead atoms. The van der Waals surface area contributed by atoms with Crippen LogP contribution in [0.5, 0.6) is 0 Å². The Morgan fingerprint density at radius 3 is 2.29 bits per heavy atom. The normalized spacial score (nSPS) is 12.5. The molecule has 1 aromatic carbocycles. The van der Waals surface area contributed by atoms with Gasteiger partial charge < -0.3 is 14.6 Å². The molecule has 0 spiro atoms. The van der Waals surface area contributed by atoms with Crippen LogP contribution in [0, 0.1) is 11.3 Å². The fraction of sp³-hybridized carbons (Fsp3) is 0.310. The van der Waals surface area contributed by atoms with Gasteiger partial charge in [0.25, 0.3) is 0 Å². The topological polar surface area (TPSA) is 139 Å². The molecule has 0 aliphatic carbocycles. The summed E-state index contributed by atoms with van der Waals surface area (Å²) >= 11 is 7.42. The maximum atomic E-state index is 13.5. The van der Waals surface area contributed by atoms with E-state index in [0.717, 1.165) is 16.2 Å². The van der Waals surface area contributed by atoms with Gasteiger partial charge in [-0.2, -0.15) is 10.2 Å². The average Bonchev–Trinajstić information content (AvgIpc) is 3.31. The second-order valence-electron chi connectivity index (χ2n) is 11.0. The van der Waals surface area contributed by atoms with E-state index < -0.39 is 29.5 Å². The molecule has 12 heteroatoms. The number of carbonyl (C=O) groups is 2. The number of rotatable bonds is 4. The summed E-state index contributed by atoms with van der Waals surface area (Å²) in [6, 6.07) is 11.9. The second kappa shape index (κ2) is 11.4. The number of carbonyl (C=O) groups excluding carboxylic acids is 2. The number of aliphatic hydroxyl groups excluding tert-OH is 1. The van der Waals surface area contributed by atoms with Gasteiger partial charge in [0, 0.05) is 28.4 Å². The molecular weight excluding hydrogens is 566 g/mol. The quantitative estimate of drug-likeness (QED) is 0.264. The molecule has 0 saturated heterocycles. The van der Waals surface area contributed by atoms with Crippen molar-refractivity contribution in [1.82, 2.24) is 15.0 Å². The van der Waals surface area contributed by atoms with Gasteiger partial charge in [0.15, 0.2) is 11.6 Å². The van der Waals surface area contributed by atoms with Crippen molar-refractivity contribution in [2.75, 3.05) is 4.90 Å². The fourth-order valence-electron chi connectivity index (χ4n) is 3.71. The molecule has 4 aromatic rings. The van der Waals surface area contributed by atoms with Gasteiger partial charge in [-0.1, -0.05) is 23.7 Å². The number of amides is 2. The Labute approximate surface area is 246 Å². The minimum Gasteiger partial charge on any atom is -0.443 e. The number of nitrogens with zero attached hydrogens (tertiary/aromatic N) is 5. The fourth-order valence-corrected chi connectivity index (χ4v) is 4.96. The molecule has 4 rings (SSSR count). The molecule has 1 atom stereocenters. The van der Waals surface area contributed by atoms with Crippen molar-refractivity contribution in [3.05, 3.63) is 69.8 Å². The molecule has 10 nitrogen and oxygen atoms in total. The first-order valence-electron chi connectivity index (χ1n) is 12.5. The first-order valence-corrected chi connectivity index (χ1v) is 13.7. The van der Waals surface area contributed by atoms with Crippen molar-refractivity contribution in [2.45, 2.75) is 58.8 Å². The maximum Gasteiger partial charge on any atom is 0.425 e. The summed E-state index contributed by atoms with van der Waals surface area (Å²) in [6.07, 6.45) is -0.232. The summed E-state index contributed by atoms with van der Waals surface area (Å²) in [4.78, 5) is 41.8. The summed E-state index contributed by atoms with van der Waals surface area (Å²) in [5.74, 6) is 0.0398. The third-order valence-corrected chi connectivity index (χ3v) is 6.77. The summed E-state index contributed by atoms with van der Waals surface area (Å²) < 4.78 is 11.1. The van der Waals surface area contributed by atoms with Gasteiger partial charge in [-0.3, -0.25) is 4.98 Å². The smallest absolute Gasteiger partial charge is 0.425 e. The number of imide groups is 1. The van der Waals surface area contributed by atoms with Crippen molar-refractivity contribution in [3.8, 4) is 17.5 Å².